The lowest BCUT2D eigenvalue weighted by Crippen LogP contribution is -2.32. The molecule has 0 atom stereocenters. The van der Waals surface area contributed by atoms with Gasteiger partial charge in [0.05, 0.1) is 0 Å². The van der Waals surface area contributed by atoms with Crippen LogP contribution in [0.3, 0.4) is 0 Å². The predicted molar refractivity (Wildman–Crippen MR) is 24.1 cm³/mol. The molecule has 1 heterocycles. The van der Waals surface area contributed by atoms with Crippen molar-refractivity contribution >= 4 is 6.03 Å². The Bertz CT molecular complexity index is 108. The van der Waals surface area contributed by atoms with E-state index in [1.807, 2.05) is 0 Å². The van der Waals surface area contributed by atoms with Crippen LogP contribution in [0.25, 0.3) is 0 Å². The molecule has 2 radical (unpaired) electrons. The summed E-state index contributed by atoms with van der Waals surface area (Å²) in [7, 11) is 0. The normalized spacial score (nSPS) is 18.0. The minimum Gasteiger partial charge on any atom is -0.323 e. The largest absolute Gasteiger partial charge is 0.323 e. The zero-order chi connectivity index (χ0) is 5.11. The van der Waals surface area contributed by atoms with Crippen molar-refractivity contribution in [3.05, 3.63) is 18.8 Å². The molecular weight excluding hydrogens is 92.1 g/mol. The van der Waals surface area contributed by atoms with Crippen LogP contribution >= 0.6 is 0 Å². The average molecular weight is 96.1 g/mol. The van der Waals surface area contributed by atoms with E-state index in [0.29, 0.717) is 0 Å². The molecular formula is C4H4N2O. The highest BCUT2D eigenvalue weighted by molar-refractivity contribution is 5.76. The van der Waals surface area contributed by atoms with Gasteiger partial charge in [-0.15, -0.1) is 0 Å². The minimum atomic E-state index is -0.234. The molecule has 0 aromatic rings. The van der Waals surface area contributed by atoms with Gasteiger partial charge >= 0.3 is 6.03 Å². The molecule has 0 aromatic heterocycles. The Hall–Kier alpha value is -0.990. The van der Waals surface area contributed by atoms with Crippen molar-refractivity contribution in [1.29, 1.82) is 0 Å². The fourth-order valence-electron chi connectivity index (χ4n) is 0.302. The molecule has 0 saturated heterocycles. The van der Waals surface area contributed by atoms with Crippen LogP contribution in [-0.4, -0.2) is 6.03 Å². The lowest BCUT2D eigenvalue weighted by molar-refractivity contribution is 0.245. The highest BCUT2D eigenvalue weighted by Gasteiger charge is 1.97. The van der Waals surface area contributed by atoms with Crippen LogP contribution in [0.4, 0.5) is 4.79 Å². The fourth-order valence-corrected chi connectivity index (χ4v) is 0.302. The number of rotatable bonds is 0. The Kier molecular flexibility index (Phi) is 0.978. The van der Waals surface area contributed by atoms with Gasteiger partial charge in [0.1, 0.15) is 6.54 Å². The maximum Gasteiger partial charge on any atom is 0.319 e. The van der Waals surface area contributed by atoms with Crippen LogP contribution in [0.2, 0.25) is 0 Å². The molecule has 2 N–H and O–H groups in total. The third kappa shape index (κ3) is 0.924. The standard InChI is InChI=1S/C4H4N2O/c7-4-5-2-1-3-6-4/h1-2H,(H2,5,6,7). The second-order valence-corrected chi connectivity index (χ2v) is 1.08. The quantitative estimate of drug-likeness (QED) is 0.432. The van der Waals surface area contributed by atoms with E-state index in [9.17, 15) is 4.79 Å². The summed E-state index contributed by atoms with van der Waals surface area (Å²) < 4.78 is 0. The summed E-state index contributed by atoms with van der Waals surface area (Å²) in [6, 6.07) is -0.234. The lowest BCUT2D eigenvalue weighted by atomic mass is 10.5. The van der Waals surface area contributed by atoms with E-state index in [4.69, 9.17) is 0 Å². The number of carbonyl (C=O) groups excluding carboxylic acids is 1. The van der Waals surface area contributed by atoms with Crippen LogP contribution in [0.1, 0.15) is 0 Å². The van der Waals surface area contributed by atoms with Crippen LogP contribution < -0.4 is 10.6 Å². The van der Waals surface area contributed by atoms with Crippen LogP contribution in [0.15, 0.2) is 12.3 Å². The van der Waals surface area contributed by atoms with Crippen molar-refractivity contribution in [1.82, 2.24) is 10.6 Å². The van der Waals surface area contributed by atoms with Gasteiger partial charge in [-0.3, -0.25) is 0 Å². The summed E-state index contributed by atoms with van der Waals surface area (Å²) in [5, 5.41) is 4.68. The van der Waals surface area contributed by atoms with Crippen molar-refractivity contribution in [2.75, 3.05) is 0 Å². The average Bonchev–Trinajstić information content (AvgIpc) is 1.69. The molecule has 1 rings (SSSR count). The van der Waals surface area contributed by atoms with Gasteiger partial charge < -0.3 is 10.6 Å². The predicted octanol–water partition coefficient (Wildman–Crippen LogP) is -0.148. The van der Waals surface area contributed by atoms with Crippen molar-refractivity contribution in [2.24, 2.45) is 0 Å². The number of nitrogens with one attached hydrogen (secondary N) is 2. The Balaban J connectivity index is 2.47. The SMILES string of the molecule is O=C1N[C]C=CN1. The van der Waals surface area contributed by atoms with Crippen molar-refractivity contribution in [3.8, 4) is 0 Å². The first-order valence-corrected chi connectivity index (χ1v) is 1.86. The summed E-state index contributed by atoms with van der Waals surface area (Å²) in [4.78, 5) is 10.1. The highest BCUT2D eigenvalue weighted by atomic mass is 16.2. The summed E-state index contributed by atoms with van der Waals surface area (Å²) in [5.41, 5.74) is 0. The summed E-state index contributed by atoms with van der Waals surface area (Å²) in [6.07, 6.45) is 3.10. The second kappa shape index (κ2) is 1.64. The van der Waals surface area contributed by atoms with Crippen molar-refractivity contribution in [3.63, 3.8) is 0 Å². The highest BCUT2D eigenvalue weighted by Crippen LogP contribution is 1.79. The van der Waals surface area contributed by atoms with Gasteiger partial charge in [-0.25, -0.2) is 4.79 Å². The Labute approximate surface area is 41.4 Å². The summed E-state index contributed by atoms with van der Waals surface area (Å²) in [5.74, 6) is 0. The molecule has 3 nitrogen and oxygen atoms in total. The van der Waals surface area contributed by atoms with Gasteiger partial charge in [0, 0.05) is 6.20 Å². The monoisotopic (exact) mass is 96.0 g/mol. The molecule has 7 heavy (non-hydrogen) atoms. The molecule has 0 unspecified atom stereocenters. The molecule has 2 amide bonds. The third-order valence-electron chi connectivity index (χ3n) is 0.567. The maximum absolute atomic E-state index is 10.1. The third-order valence-corrected chi connectivity index (χ3v) is 0.567. The van der Waals surface area contributed by atoms with E-state index in [1.165, 1.54) is 6.20 Å². The number of amides is 2. The zero-order valence-electron chi connectivity index (χ0n) is 3.56. The molecule has 3 heteroatoms. The summed E-state index contributed by atoms with van der Waals surface area (Å²) in [6.45, 7) is 2.49. The Morgan fingerprint density at radius 2 is 2.57 bits per heavy atom. The molecule has 36 valence electrons. The van der Waals surface area contributed by atoms with Crippen molar-refractivity contribution in [2.45, 2.75) is 0 Å². The molecule has 0 aliphatic carbocycles. The van der Waals surface area contributed by atoms with Crippen LogP contribution in [0, 0.1) is 6.54 Å². The van der Waals surface area contributed by atoms with Gasteiger partial charge in [0.25, 0.3) is 0 Å². The number of hydrogen-bond acceptors (Lipinski definition) is 1. The van der Waals surface area contributed by atoms with E-state index >= 15 is 0 Å². The van der Waals surface area contributed by atoms with Gasteiger partial charge in [-0.1, -0.05) is 0 Å². The van der Waals surface area contributed by atoms with Gasteiger partial charge in [0.2, 0.25) is 0 Å². The zero-order valence-corrected chi connectivity index (χ0v) is 3.56. The van der Waals surface area contributed by atoms with Gasteiger partial charge in [0.15, 0.2) is 0 Å². The molecule has 1 aliphatic heterocycles. The van der Waals surface area contributed by atoms with E-state index in [1.54, 1.807) is 6.08 Å². The molecule has 0 fully saturated rings. The topological polar surface area (TPSA) is 41.1 Å². The van der Waals surface area contributed by atoms with Crippen molar-refractivity contribution < 1.29 is 4.79 Å². The van der Waals surface area contributed by atoms with Gasteiger partial charge in [-0.05, 0) is 6.08 Å². The summed E-state index contributed by atoms with van der Waals surface area (Å²) >= 11 is 0. The first kappa shape index (κ1) is 4.18. The molecule has 0 bridgehead atoms. The number of carbonyl (C=O) groups is 1. The Morgan fingerprint density at radius 3 is 2.86 bits per heavy atom. The first-order valence-electron chi connectivity index (χ1n) is 1.86. The smallest absolute Gasteiger partial charge is 0.319 e. The number of urea groups is 1. The molecule has 1 aliphatic rings. The van der Waals surface area contributed by atoms with E-state index in [2.05, 4.69) is 17.2 Å². The Morgan fingerprint density at radius 1 is 1.71 bits per heavy atom. The van der Waals surface area contributed by atoms with Crippen LogP contribution in [0.5, 0.6) is 0 Å². The van der Waals surface area contributed by atoms with E-state index in [-0.39, 0.29) is 6.03 Å². The fraction of sp³-hybridized carbons (Fsp3) is 0. The molecule has 0 aromatic carbocycles. The maximum atomic E-state index is 10.1. The van der Waals surface area contributed by atoms with Crippen LogP contribution in [-0.2, 0) is 0 Å². The molecule has 0 saturated carbocycles. The minimum absolute atomic E-state index is 0.234. The van der Waals surface area contributed by atoms with E-state index in [0.717, 1.165) is 0 Å². The second-order valence-electron chi connectivity index (χ2n) is 1.08. The van der Waals surface area contributed by atoms with E-state index < -0.39 is 0 Å². The van der Waals surface area contributed by atoms with Gasteiger partial charge in [-0.2, -0.15) is 0 Å². The lowest BCUT2D eigenvalue weighted by Gasteiger charge is -2.03. The first-order chi connectivity index (χ1) is 3.39. The molecule has 0 spiro atoms. The number of hydrogen-bond donors (Lipinski definition) is 2.